The maximum absolute atomic E-state index is 14.4. The number of aliphatic hydroxyl groups excluding tert-OH is 1. The van der Waals surface area contributed by atoms with Crippen LogP contribution in [0.4, 0.5) is 17.1 Å². The summed E-state index contributed by atoms with van der Waals surface area (Å²) in [7, 11) is 0. The molecular weight excluding hydrogens is 642 g/mol. The van der Waals surface area contributed by atoms with Crippen molar-refractivity contribution in [3.05, 3.63) is 138 Å². The number of benzene rings is 4. The van der Waals surface area contributed by atoms with Crippen molar-refractivity contribution in [2.75, 3.05) is 21.5 Å². The average Bonchev–Trinajstić information content (AvgIpc) is 3.38. The Hall–Kier alpha value is -5.71. The van der Waals surface area contributed by atoms with Crippen LogP contribution < -0.4 is 14.9 Å². The van der Waals surface area contributed by atoms with E-state index in [1.165, 1.54) is 10.0 Å². The third-order valence-corrected chi connectivity index (χ3v) is 9.65. The van der Waals surface area contributed by atoms with Crippen LogP contribution in [0.1, 0.15) is 61.3 Å². The Morgan fingerprint density at radius 1 is 0.745 bits per heavy atom. The van der Waals surface area contributed by atoms with Crippen molar-refractivity contribution < 1.29 is 24.6 Å². The standard InChI is InChI=1S/C41H39N5O5/c1-28(11-8-9-24-47)41(51)34-26-33(46-39(49)23-20-36(43-46)31-15-6-3-7-16-31)18-21-37(34)44(40(41)50)27-29-12-10-17-32(25-29)45-38(48)22-19-35(42-45)30-13-4-2-5-14-30/h2-8,10-18,21,25-26,28,47,51H,9,19-20,22-24,27H2,1H3/b11-8+/t28-,41+/m0/s1. The van der Waals surface area contributed by atoms with Gasteiger partial charge in [0.15, 0.2) is 5.60 Å². The molecule has 0 saturated carbocycles. The second-order valence-electron chi connectivity index (χ2n) is 13.0. The van der Waals surface area contributed by atoms with Crippen LogP contribution in [0.15, 0.2) is 125 Å². The first kappa shape index (κ1) is 33.8. The van der Waals surface area contributed by atoms with Gasteiger partial charge >= 0.3 is 0 Å². The van der Waals surface area contributed by atoms with Gasteiger partial charge in [0, 0.05) is 43.8 Å². The maximum Gasteiger partial charge on any atom is 0.264 e. The van der Waals surface area contributed by atoms with Crippen LogP contribution in [0.2, 0.25) is 0 Å². The van der Waals surface area contributed by atoms with Crippen molar-refractivity contribution in [3.63, 3.8) is 0 Å². The number of carbonyl (C=O) groups excluding carboxylic acids is 3. The van der Waals surface area contributed by atoms with Crippen molar-refractivity contribution in [2.24, 2.45) is 16.1 Å². The van der Waals surface area contributed by atoms with E-state index in [-0.39, 0.29) is 31.4 Å². The molecule has 258 valence electrons. The second-order valence-corrected chi connectivity index (χ2v) is 13.0. The SMILES string of the molecule is C[C@@H](/C=C/CCO)[C@]1(O)C(=O)N(Cc2cccc(N3N=C(c4ccccc4)CCC3=O)c2)c2ccc(N3N=C(c4ccccc4)CCC3=O)cc21. The lowest BCUT2D eigenvalue weighted by Crippen LogP contribution is -2.44. The first-order chi connectivity index (χ1) is 24.8. The zero-order valence-electron chi connectivity index (χ0n) is 28.4. The molecule has 3 amide bonds. The van der Waals surface area contributed by atoms with Crippen LogP contribution in [0, 0.1) is 5.92 Å². The second kappa shape index (κ2) is 14.3. The number of fused-ring (bicyclic) bond motifs is 1. The molecule has 2 atom stereocenters. The normalized spacial score (nSPS) is 19.7. The van der Waals surface area contributed by atoms with Gasteiger partial charge in [-0.15, -0.1) is 0 Å². The number of aliphatic hydroxyl groups is 2. The van der Waals surface area contributed by atoms with Gasteiger partial charge in [-0.25, -0.2) is 10.0 Å². The summed E-state index contributed by atoms with van der Waals surface area (Å²) in [6, 6.07) is 32.0. The van der Waals surface area contributed by atoms with E-state index in [9.17, 15) is 24.6 Å². The highest BCUT2D eigenvalue weighted by atomic mass is 16.3. The molecule has 0 spiro atoms. The smallest absolute Gasteiger partial charge is 0.264 e. The average molecular weight is 682 g/mol. The Labute approximate surface area is 296 Å². The lowest BCUT2D eigenvalue weighted by molar-refractivity contribution is -0.139. The minimum absolute atomic E-state index is 0.0615. The van der Waals surface area contributed by atoms with Crippen LogP contribution in [0.3, 0.4) is 0 Å². The van der Waals surface area contributed by atoms with Gasteiger partial charge in [0.2, 0.25) is 11.8 Å². The van der Waals surface area contributed by atoms with Crippen molar-refractivity contribution in [2.45, 2.75) is 51.2 Å². The maximum atomic E-state index is 14.4. The zero-order chi connectivity index (χ0) is 35.5. The molecular formula is C41H39N5O5. The molecule has 0 radical (unpaired) electrons. The van der Waals surface area contributed by atoms with E-state index < -0.39 is 17.4 Å². The van der Waals surface area contributed by atoms with Gasteiger partial charge in [0.1, 0.15) is 0 Å². The zero-order valence-corrected chi connectivity index (χ0v) is 28.4. The fourth-order valence-corrected chi connectivity index (χ4v) is 6.89. The quantitative estimate of drug-likeness (QED) is 0.197. The Balaban J connectivity index is 1.24. The Kier molecular flexibility index (Phi) is 9.44. The van der Waals surface area contributed by atoms with E-state index >= 15 is 0 Å². The number of carbonyl (C=O) groups is 3. The molecule has 0 bridgehead atoms. The highest BCUT2D eigenvalue weighted by Gasteiger charge is 2.53. The molecule has 3 heterocycles. The third kappa shape index (κ3) is 6.51. The molecule has 7 rings (SSSR count). The van der Waals surface area contributed by atoms with Gasteiger partial charge in [-0.1, -0.05) is 91.9 Å². The summed E-state index contributed by atoms with van der Waals surface area (Å²) in [6.07, 6.45) is 5.50. The highest BCUT2D eigenvalue weighted by molar-refractivity contribution is 6.11. The summed E-state index contributed by atoms with van der Waals surface area (Å²) in [6.45, 7) is 1.81. The van der Waals surface area contributed by atoms with Crippen LogP contribution in [0.25, 0.3) is 0 Å². The highest BCUT2D eigenvalue weighted by Crippen LogP contribution is 2.47. The van der Waals surface area contributed by atoms with Gasteiger partial charge in [0.25, 0.3) is 5.91 Å². The summed E-state index contributed by atoms with van der Waals surface area (Å²) in [4.78, 5) is 42.2. The van der Waals surface area contributed by atoms with E-state index in [2.05, 4.69) is 0 Å². The van der Waals surface area contributed by atoms with E-state index in [0.29, 0.717) is 48.3 Å². The summed E-state index contributed by atoms with van der Waals surface area (Å²) in [5.41, 5.74) is 4.15. The molecule has 0 saturated heterocycles. The Morgan fingerprint density at radius 3 is 1.92 bits per heavy atom. The topological polar surface area (TPSA) is 126 Å². The monoisotopic (exact) mass is 681 g/mol. The molecule has 4 aromatic carbocycles. The molecule has 10 nitrogen and oxygen atoms in total. The van der Waals surface area contributed by atoms with E-state index in [1.807, 2.05) is 84.9 Å². The Morgan fingerprint density at radius 2 is 1.33 bits per heavy atom. The molecule has 2 N–H and O–H groups in total. The molecule has 0 unspecified atom stereocenters. The van der Waals surface area contributed by atoms with Gasteiger partial charge in [0.05, 0.1) is 35.0 Å². The number of hydrogen-bond donors (Lipinski definition) is 2. The number of anilines is 3. The van der Waals surface area contributed by atoms with Crippen LogP contribution in [0.5, 0.6) is 0 Å². The fraction of sp³-hybridized carbons (Fsp3) is 0.244. The fourth-order valence-electron chi connectivity index (χ4n) is 6.89. The molecule has 0 aliphatic carbocycles. The predicted octanol–water partition coefficient (Wildman–Crippen LogP) is 6.06. The van der Waals surface area contributed by atoms with Crippen molar-refractivity contribution in [3.8, 4) is 0 Å². The summed E-state index contributed by atoms with van der Waals surface area (Å²) >= 11 is 0. The van der Waals surface area contributed by atoms with Crippen LogP contribution in [-0.4, -0.2) is 46.0 Å². The summed E-state index contributed by atoms with van der Waals surface area (Å²) in [5, 5.41) is 33.9. The van der Waals surface area contributed by atoms with Gasteiger partial charge in [-0.05, 0) is 53.4 Å². The molecule has 0 aromatic heterocycles. The molecule has 3 aliphatic heterocycles. The third-order valence-electron chi connectivity index (χ3n) is 9.65. The van der Waals surface area contributed by atoms with Crippen molar-refractivity contribution in [1.82, 2.24) is 0 Å². The molecule has 3 aliphatic rings. The number of amides is 3. The first-order valence-electron chi connectivity index (χ1n) is 17.2. The number of nitrogens with zero attached hydrogens (tertiary/aromatic N) is 5. The summed E-state index contributed by atoms with van der Waals surface area (Å²) in [5.74, 6) is -1.49. The van der Waals surface area contributed by atoms with Crippen molar-refractivity contribution in [1.29, 1.82) is 0 Å². The minimum Gasteiger partial charge on any atom is -0.396 e. The van der Waals surface area contributed by atoms with Gasteiger partial charge < -0.3 is 15.1 Å². The predicted molar refractivity (Wildman–Crippen MR) is 197 cm³/mol. The largest absolute Gasteiger partial charge is 0.396 e. The molecule has 4 aromatic rings. The van der Waals surface area contributed by atoms with E-state index in [1.54, 1.807) is 42.2 Å². The van der Waals surface area contributed by atoms with E-state index in [0.717, 1.165) is 28.1 Å². The molecule has 0 fully saturated rings. The van der Waals surface area contributed by atoms with Crippen LogP contribution >= 0.6 is 0 Å². The first-order valence-corrected chi connectivity index (χ1v) is 17.2. The number of rotatable bonds is 10. The lowest BCUT2D eigenvalue weighted by atomic mass is 9.82. The Bertz CT molecular complexity index is 2060. The molecule has 51 heavy (non-hydrogen) atoms. The minimum atomic E-state index is -1.96. The summed E-state index contributed by atoms with van der Waals surface area (Å²) < 4.78 is 0. The van der Waals surface area contributed by atoms with Gasteiger partial charge in [-0.2, -0.15) is 10.2 Å². The lowest BCUT2D eigenvalue weighted by Gasteiger charge is -2.29. The molecule has 10 heteroatoms. The number of hydrazone groups is 2. The van der Waals surface area contributed by atoms with Crippen LogP contribution in [-0.2, 0) is 26.5 Å². The van der Waals surface area contributed by atoms with Gasteiger partial charge in [-0.3, -0.25) is 14.4 Å². The van der Waals surface area contributed by atoms with Crippen molar-refractivity contribution >= 4 is 46.2 Å². The van der Waals surface area contributed by atoms with E-state index in [4.69, 9.17) is 10.2 Å². The number of hydrogen-bond acceptors (Lipinski definition) is 7.